The summed E-state index contributed by atoms with van der Waals surface area (Å²) in [4.78, 5) is 11.9. The van der Waals surface area contributed by atoms with Gasteiger partial charge in [0.15, 0.2) is 10.9 Å². The molecule has 0 unspecified atom stereocenters. The quantitative estimate of drug-likeness (QED) is 0.844. The fraction of sp³-hybridized carbons (Fsp3) is 0.154. The fourth-order valence-corrected chi connectivity index (χ4v) is 1.69. The van der Waals surface area contributed by atoms with Crippen LogP contribution in [0.3, 0.4) is 0 Å². The van der Waals surface area contributed by atoms with Gasteiger partial charge in [-0.15, -0.1) is 0 Å². The zero-order valence-corrected chi connectivity index (χ0v) is 11.8. The van der Waals surface area contributed by atoms with E-state index in [0.29, 0.717) is 22.9 Å². The summed E-state index contributed by atoms with van der Waals surface area (Å²) in [7, 11) is 1.56. The Morgan fingerprint density at radius 1 is 1.35 bits per heavy atom. The van der Waals surface area contributed by atoms with Crippen LogP contribution < -0.4 is 15.4 Å². The molecule has 0 fully saturated rings. The van der Waals surface area contributed by atoms with Gasteiger partial charge in [0, 0.05) is 11.6 Å². The van der Waals surface area contributed by atoms with E-state index in [4.69, 9.17) is 21.5 Å². The molecule has 1 aromatic carbocycles. The number of amides is 1. The number of benzene rings is 1. The minimum Gasteiger partial charge on any atom is -0.497 e. The second-order valence-electron chi connectivity index (χ2n) is 3.96. The van der Waals surface area contributed by atoms with Crippen LogP contribution in [0.15, 0.2) is 34.9 Å². The molecular weight excluding hydrogens is 278 g/mol. The summed E-state index contributed by atoms with van der Waals surface area (Å²) < 4.78 is 9.90. The number of aromatic nitrogens is 1. The summed E-state index contributed by atoms with van der Waals surface area (Å²) in [6, 6.07) is 8.37. The van der Waals surface area contributed by atoms with Crippen LogP contribution in [0.2, 0.25) is 0 Å². The van der Waals surface area contributed by atoms with Crippen LogP contribution in [0.25, 0.3) is 0 Å². The molecule has 0 radical (unpaired) electrons. The summed E-state index contributed by atoms with van der Waals surface area (Å²) in [6.07, 6.45) is 0. The Bertz CT molecular complexity index is 622. The predicted octanol–water partition coefficient (Wildman–Crippen LogP) is 2.12. The number of anilines is 1. The van der Waals surface area contributed by atoms with E-state index >= 15 is 0 Å². The maximum Gasteiger partial charge on any atom is 0.257 e. The first kappa shape index (κ1) is 14.0. The van der Waals surface area contributed by atoms with Gasteiger partial charge in [0.25, 0.3) is 5.91 Å². The number of nitrogens with zero attached hydrogens (tertiary/aromatic N) is 1. The standard InChI is InChI=1S/C13H13N3O3S/c1-8-7-11(16-19-8)14-13(20)15-12(17)9-3-5-10(18-2)6-4-9/h3-7H,1-2H3,(H2,14,15,16,17,20). The Morgan fingerprint density at radius 3 is 2.60 bits per heavy atom. The van der Waals surface area contributed by atoms with E-state index in [1.807, 2.05) is 0 Å². The van der Waals surface area contributed by atoms with Crippen LogP contribution in [0.4, 0.5) is 5.82 Å². The van der Waals surface area contributed by atoms with Gasteiger partial charge in [-0.3, -0.25) is 10.1 Å². The molecule has 1 aromatic heterocycles. The summed E-state index contributed by atoms with van der Waals surface area (Å²) in [6.45, 7) is 1.76. The Labute approximate surface area is 121 Å². The fourth-order valence-electron chi connectivity index (χ4n) is 1.49. The van der Waals surface area contributed by atoms with E-state index in [1.165, 1.54) is 0 Å². The third kappa shape index (κ3) is 3.55. The zero-order valence-electron chi connectivity index (χ0n) is 11.0. The first-order valence-electron chi connectivity index (χ1n) is 5.78. The van der Waals surface area contributed by atoms with Gasteiger partial charge in [0.05, 0.1) is 7.11 Å². The predicted molar refractivity (Wildman–Crippen MR) is 77.9 cm³/mol. The number of hydrogen-bond acceptors (Lipinski definition) is 5. The van der Waals surface area contributed by atoms with E-state index in [2.05, 4.69) is 15.8 Å². The van der Waals surface area contributed by atoms with Crippen LogP contribution in [-0.2, 0) is 0 Å². The van der Waals surface area contributed by atoms with Crippen LogP contribution in [0, 0.1) is 6.92 Å². The van der Waals surface area contributed by atoms with E-state index in [1.54, 1.807) is 44.4 Å². The van der Waals surface area contributed by atoms with Crippen LogP contribution in [0.1, 0.15) is 16.1 Å². The van der Waals surface area contributed by atoms with Crippen molar-refractivity contribution in [2.45, 2.75) is 6.92 Å². The number of carbonyl (C=O) groups excluding carboxylic acids is 1. The number of carbonyl (C=O) groups is 1. The van der Waals surface area contributed by atoms with Crippen LogP contribution in [-0.4, -0.2) is 23.3 Å². The van der Waals surface area contributed by atoms with E-state index in [-0.39, 0.29) is 11.0 Å². The lowest BCUT2D eigenvalue weighted by molar-refractivity contribution is 0.0977. The maximum absolute atomic E-state index is 11.9. The van der Waals surface area contributed by atoms with E-state index in [0.717, 1.165) is 0 Å². The van der Waals surface area contributed by atoms with Gasteiger partial charge in [-0.2, -0.15) is 0 Å². The molecule has 0 aliphatic heterocycles. The van der Waals surface area contributed by atoms with Gasteiger partial charge in [0.1, 0.15) is 11.5 Å². The number of methoxy groups -OCH3 is 1. The average Bonchev–Trinajstić information content (AvgIpc) is 2.84. The second kappa shape index (κ2) is 6.16. The van der Waals surface area contributed by atoms with Crippen molar-refractivity contribution in [3.8, 4) is 5.75 Å². The highest BCUT2D eigenvalue weighted by molar-refractivity contribution is 7.80. The largest absolute Gasteiger partial charge is 0.497 e. The van der Waals surface area contributed by atoms with Crippen molar-refractivity contribution in [1.29, 1.82) is 0 Å². The van der Waals surface area contributed by atoms with Crippen molar-refractivity contribution >= 4 is 29.1 Å². The highest BCUT2D eigenvalue weighted by Gasteiger charge is 2.09. The summed E-state index contributed by atoms with van der Waals surface area (Å²) in [5.41, 5.74) is 0.478. The lowest BCUT2D eigenvalue weighted by Crippen LogP contribution is -2.34. The smallest absolute Gasteiger partial charge is 0.257 e. The van der Waals surface area contributed by atoms with E-state index in [9.17, 15) is 4.79 Å². The summed E-state index contributed by atoms with van der Waals surface area (Å²) >= 11 is 5.02. The van der Waals surface area contributed by atoms with Crippen LogP contribution in [0.5, 0.6) is 5.75 Å². The SMILES string of the molecule is COc1ccc(C(=O)NC(=S)Nc2cc(C)on2)cc1. The summed E-state index contributed by atoms with van der Waals surface area (Å²) in [5, 5.41) is 9.18. The number of ether oxygens (including phenoxy) is 1. The number of hydrogen-bond donors (Lipinski definition) is 2. The van der Waals surface area contributed by atoms with Crippen molar-refractivity contribution in [2.75, 3.05) is 12.4 Å². The molecule has 0 bridgehead atoms. The van der Waals surface area contributed by atoms with Crippen molar-refractivity contribution < 1.29 is 14.1 Å². The molecule has 104 valence electrons. The van der Waals surface area contributed by atoms with Gasteiger partial charge in [0.2, 0.25) is 0 Å². The molecule has 2 rings (SSSR count). The Hall–Kier alpha value is -2.41. The Balaban J connectivity index is 1.94. The van der Waals surface area contributed by atoms with E-state index < -0.39 is 0 Å². The molecule has 7 heteroatoms. The Morgan fingerprint density at radius 2 is 2.05 bits per heavy atom. The Kier molecular flexibility index (Phi) is 4.31. The monoisotopic (exact) mass is 291 g/mol. The second-order valence-corrected chi connectivity index (χ2v) is 4.37. The molecule has 0 spiro atoms. The molecule has 0 aliphatic rings. The van der Waals surface area contributed by atoms with Gasteiger partial charge in [-0.25, -0.2) is 0 Å². The number of aryl methyl sites for hydroxylation is 1. The highest BCUT2D eigenvalue weighted by atomic mass is 32.1. The lowest BCUT2D eigenvalue weighted by Gasteiger charge is -2.07. The van der Waals surface area contributed by atoms with Crippen LogP contribution >= 0.6 is 12.2 Å². The summed E-state index contributed by atoms with van der Waals surface area (Å²) in [5.74, 6) is 1.46. The van der Waals surface area contributed by atoms with Gasteiger partial charge in [-0.05, 0) is 43.4 Å². The molecule has 2 N–H and O–H groups in total. The number of nitrogens with one attached hydrogen (secondary N) is 2. The third-order valence-corrected chi connectivity index (χ3v) is 2.65. The molecule has 1 heterocycles. The van der Waals surface area contributed by atoms with Crippen molar-refractivity contribution in [1.82, 2.24) is 10.5 Å². The average molecular weight is 291 g/mol. The molecule has 2 aromatic rings. The minimum absolute atomic E-state index is 0.152. The van der Waals surface area contributed by atoms with Gasteiger partial charge >= 0.3 is 0 Å². The maximum atomic E-state index is 11.9. The number of thiocarbonyl (C=S) groups is 1. The molecule has 0 saturated carbocycles. The normalized spacial score (nSPS) is 9.90. The first-order valence-corrected chi connectivity index (χ1v) is 6.19. The minimum atomic E-state index is -0.314. The highest BCUT2D eigenvalue weighted by Crippen LogP contribution is 2.11. The third-order valence-electron chi connectivity index (χ3n) is 2.45. The van der Waals surface area contributed by atoms with Crippen molar-refractivity contribution in [3.05, 3.63) is 41.7 Å². The lowest BCUT2D eigenvalue weighted by atomic mass is 10.2. The molecule has 6 nitrogen and oxygen atoms in total. The molecule has 0 saturated heterocycles. The molecular formula is C13H13N3O3S. The van der Waals surface area contributed by atoms with Gasteiger partial charge in [-0.1, -0.05) is 5.16 Å². The van der Waals surface area contributed by atoms with Crippen molar-refractivity contribution in [2.24, 2.45) is 0 Å². The molecule has 20 heavy (non-hydrogen) atoms. The molecule has 0 aliphatic carbocycles. The number of rotatable bonds is 3. The molecule has 1 amide bonds. The van der Waals surface area contributed by atoms with Crippen molar-refractivity contribution in [3.63, 3.8) is 0 Å². The molecule has 0 atom stereocenters. The van der Waals surface area contributed by atoms with Gasteiger partial charge < -0.3 is 14.6 Å². The zero-order chi connectivity index (χ0) is 14.5. The topological polar surface area (TPSA) is 76.4 Å². The first-order chi connectivity index (χ1) is 9.58.